The van der Waals surface area contributed by atoms with Gasteiger partial charge in [0.25, 0.3) is 17.7 Å². The number of ether oxygens (including phenoxy) is 1. The second-order valence-corrected chi connectivity index (χ2v) is 17.6. The highest BCUT2D eigenvalue weighted by molar-refractivity contribution is 7.92. The van der Waals surface area contributed by atoms with E-state index in [0.717, 1.165) is 34.7 Å². The lowest BCUT2D eigenvalue weighted by Gasteiger charge is -2.27. The number of carbonyl (C=O) groups is 5. The first kappa shape index (κ1) is 47.6. The molecule has 1 unspecified atom stereocenters. The normalized spacial score (nSPS) is 15.1. The van der Waals surface area contributed by atoms with E-state index in [1.807, 2.05) is 0 Å². The van der Waals surface area contributed by atoms with Crippen LogP contribution < -0.4 is 25.6 Å². The van der Waals surface area contributed by atoms with Gasteiger partial charge < -0.3 is 20.7 Å². The van der Waals surface area contributed by atoms with Gasteiger partial charge in [-0.1, -0.05) is 23.4 Å². The summed E-state index contributed by atoms with van der Waals surface area (Å²) < 4.78 is 74.2. The number of piperidine rings is 1. The molecule has 0 bridgehead atoms. The van der Waals surface area contributed by atoms with Gasteiger partial charge in [0.2, 0.25) is 27.8 Å². The van der Waals surface area contributed by atoms with Crippen molar-refractivity contribution in [3.05, 3.63) is 107 Å². The molecule has 67 heavy (non-hydrogen) atoms. The van der Waals surface area contributed by atoms with Gasteiger partial charge in [-0.05, 0) is 80.5 Å². The van der Waals surface area contributed by atoms with Crippen molar-refractivity contribution in [1.82, 2.24) is 40.2 Å². The summed E-state index contributed by atoms with van der Waals surface area (Å²) >= 11 is 0. The topological polar surface area (TPSA) is 253 Å². The number of imide groups is 2. The maximum atomic E-state index is 13.9. The average Bonchev–Trinajstić information content (AvgIpc) is 3.87. The number of aromatic nitrogens is 6. The van der Waals surface area contributed by atoms with Crippen molar-refractivity contribution in [2.24, 2.45) is 0 Å². The largest absolute Gasteiger partial charge is 0.421 e. The van der Waals surface area contributed by atoms with Crippen molar-refractivity contribution in [1.29, 1.82) is 0 Å². The quantitative estimate of drug-likeness (QED) is 0.0609. The number of benzene rings is 2. The first-order valence-corrected chi connectivity index (χ1v) is 22.9. The predicted octanol–water partition coefficient (Wildman–Crippen LogP) is 4.71. The minimum absolute atomic E-state index is 0.0382. The van der Waals surface area contributed by atoms with Gasteiger partial charge in [-0.25, -0.2) is 18.4 Å². The molecule has 0 radical (unpaired) electrons. The molecule has 1 atom stereocenters. The highest BCUT2D eigenvalue weighted by Gasteiger charge is 2.45. The fraction of sp³-hybridized carbons (Fsp3) is 0.349. The van der Waals surface area contributed by atoms with Crippen molar-refractivity contribution in [3.63, 3.8) is 0 Å². The summed E-state index contributed by atoms with van der Waals surface area (Å²) in [5.74, 6) is -3.34. The summed E-state index contributed by atoms with van der Waals surface area (Å²) in [7, 11) is -2.42. The Balaban J connectivity index is 0.822. The van der Waals surface area contributed by atoms with E-state index in [1.54, 1.807) is 47.1 Å². The molecule has 1 saturated heterocycles. The number of rotatable bonds is 20. The van der Waals surface area contributed by atoms with E-state index in [2.05, 4.69) is 46.5 Å². The Hall–Kier alpha value is -7.34. The third-order valence-electron chi connectivity index (χ3n) is 10.8. The van der Waals surface area contributed by atoms with Crippen molar-refractivity contribution >= 4 is 68.5 Å². The van der Waals surface area contributed by atoms with Crippen LogP contribution in [0.5, 0.6) is 0 Å². The number of sulfonamides is 1. The van der Waals surface area contributed by atoms with Crippen LogP contribution in [-0.2, 0) is 50.0 Å². The number of anilines is 5. The number of hydrogen-bond donors (Lipinski definition) is 4. The first-order chi connectivity index (χ1) is 32.0. The van der Waals surface area contributed by atoms with Gasteiger partial charge in [-0.2, -0.15) is 18.2 Å². The maximum Gasteiger partial charge on any atom is 0.421 e. The van der Waals surface area contributed by atoms with Gasteiger partial charge in [0.1, 0.15) is 23.2 Å². The Labute approximate surface area is 381 Å². The monoisotopic (exact) mass is 946 g/mol. The number of pyridine rings is 1. The molecule has 20 nitrogen and oxygen atoms in total. The summed E-state index contributed by atoms with van der Waals surface area (Å²) in [5.41, 5.74) is 1.29. The third kappa shape index (κ3) is 11.6. The van der Waals surface area contributed by atoms with Crippen molar-refractivity contribution in [2.45, 2.75) is 70.3 Å². The molecule has 5 aromatic rings. The van der Waals surface area contributed by atoms with E-state index in [4.69, 9.17) is 4.74 Å². The number of hydrogen-bond acceptors (Lipinski definition) is 15. The molecule has 7 rings (SSSR count). The predicted molar refractivity (Wildman–Crippen MR) is 236 cm³/mol. The zero-order valence-corrected chi connectivity index (χ0v) is 37.0. The van der Waals surface area contributed by atoms with Crippen LogP contribution in [0.25, 0.3) is 0 Å². The molecule has 0 spiro atoms. The lowest BCUT2D eigenvalue weighted by Crippen LogP contribution is -2.54. The number of nitrogens with one attached hydrogen (secondary N) is 4. The summed E-state index contributed by atoms with van der Waals surface area (Å²) in [6.07, 6.45) is 3.25. The molecule has 5 amide bonds. The third-order valence-corrected chi connectivity index (χ3v) is 12.0. The van der Waals surface area contributed by atoms with Crippen LogP contribution in [0.2, 0.25) is 0 Å². The lowest BCUT2D eigenvalue weighted by molar-refractivity contribution is -0.138. The molecule has 2 aliphatic rings. The van der Waals surface area contributed by atoms with Crippen LogP contribution >= 0.6 is 0 Å². The molecule has 4 N–H and O–H groups in total. The Morgan fingerprint density at radius 2 is 1.69 bits per heavy atom. The zero-order chi connectivity index (χ0) is 47.9. The van der Waals surface area contributed by atoms with Gasteiger partial charge >= 0.3 is 6.18 Å². The Morgan fingerprint density at radius 3 is 2.43 bits per heavy atom. The second kappa shape index (κ2) is 20.4. The molecule has 0 saturated carbocycles. The number of amides is 5. The van der Waals surface area contributed by atoms with Gasteiger partial charge in [0.15, 0.2) is 5.69 Å². The number of fused-ring (bicyclic) bond motifs is 1. The number of halogens is 3. The van der Waals surface area contributed by atoms with Crippen molar-refractivity contribution < 1.29 is 50.3 Å². The van der Waals surface area contributed by atoms with E-state index in [1.165, 1.54) is 31.6 Å². The van der Waals surface area contributed by atoms with Crippen molar-refractivity contribution in [3.8, 4) is 0 Å². The standard InChI is InChI=1S/C43H45F3N12O8S/c1-56(67(2,64)65)37-27(10-7-19-47-37)23-48-36-31(43(44,45)46)24-49-42(53-36)51-29-15-13-28(14-16-29)50-38(60)32-25-57(55-54-32)20-4-3-5-21-66-22-8-11-26-9-6-12-30-35(26)41(63)58(40(30)62)33-17-18-34(59)52-39(33)61/h6-7,9-10,12-16,19,24-25,33H,3-5,8,11,17-18,20-23H2,1-2H3,(H,50,60)(H,52,59,61)(H2,48,49,51,53). The molecule has 24 heteroatoms. The van der Waals surface area contributed by atoms with E-state index in [0.29, 0.717) is 61.3 Å². The molecule has 352 valence electrons. The van der Waals surface area contributed by atoms with Crippen LogP contribution in [0.15, 0.2) is 73.2 Å². The van der Waals surface area contributed by atoms with Gasteiger partial charge in [-0.15, -0.1) is 5.10 Å². The summed E-state index contributed by atoms with van der Waals surface area (Å²) in [6, 6.07) is 13.3. The van der Waals surface area contributed by atoms with E-state index >= 15 is 0 Å². The fourth-order valence-electron chi connectivity index (χ4n) is 7.36. The van der Waals surface area contributed by atoms with E-state index in [9.17, 15) is 45.6 Å². The molecule has 5 heterocycles. The number of carbonyl (C=O) groups excluding carboxylic acids is 5. The smallest absolute Gasteiger partial charge is 0.381 e. The average molecular weight is 947 g/mol. The van der Waals surface area contributed by atoms with E-state index in [-0.39, 0.29) is 48.0 Å². The van der Waals surface area contributed by atoms with Crippen LogP contribution in [0.4, 0.5) is 42.1 Å². The molecular formula is C43H45F3N12O8S. The number of aryl methyl sites for hydroxylation is 2. The highest BCUT2D eigenvalue weighted by atomic mass is 32.2. The summed E-state index contributed by atoms with van der Waals surface area (Å²) in [4.78, 5) is 76.2. The van der Waals surface area contributed by atoms with Crippen molar-refractivity contribution in [2.75, 3.05) is 46.8 Å². The SMILES string of the molecule is CN(c1ncccc1CNc1nc(Nc2ccc(NC(=O)c3cn(CCCCCOCCCc4cccc5c4C(=O)N(C4CCC(=O)NC4=O)C5=O)nn3)cc2)ncc1C(F)(F)F)S(C)(=O)=O. The lowest BCUT2D eigenvalue weighted by atomic mass is 9.99. The minimum Gasteiger partial charge on any atom is -0.381 e. The number of nitrogens with zero attached hydrogens (tertiary/aromatic N) is 8. The Morgan fingerprint density at radius 1 is 0.940 bits per heavy atom. The summed E-state index contributed by atoms with van der Waals surface area (Å²) in [5, 5.41) is 18.4. The molecular weight excluding hydrogens is 902 g/mol. The summed E-state index contributed by atoms with van der Waals surface area (Å²) in [6.45, 7) is 1.21. The maximum absolute atomic E-state index is 13.9. The molecule has 1 fully saturated rings. The fourth-order valence-corrected chi connectivity index (χ4v) is 7.84. The number of unbranched alkanes of at least 4 members (excludes halogenated alkanes) is 2. The van der Waals surface area contributed by atoms with Gasteiger partial charge in [0, 0.05) is 69.1 Å². The first-order valence-electron chi connectivity index (χ1n) is 21.0. The molecule has 2 aromatic carbocycles. The second-order valence-electron chi connectivity index (χ2n) is 15.6. The highest BCUT2D eigenvalue weighted by Crippen LogP contribution is 2.35. The van der Waals surface area contributed by atoms with Crippen LogP contribution in [0, 0.1) is 0 Å². The Bertz CT molecular complexity index is 2790. The molecule has 2 aliphatic heterocycles. The zero-order valence-electron chi connectivity index (χ0n) is 36.2. The van der Waals surface area contributed by atoms with Crippen LogP contribution in [0.1, 0.15) is 86.4 Å². The van der Waals surface area contributed by atoms with E-state index < -0.39 is 63.2 Å². The van der Waals surface area contributed by atoms with Crippen LogP contribution in [-0.4, -0.2) is 105 Å². The van der Waals surface area contributed by atoms with Gasteiger partial charge in [0.05, 0.1) is 23.6 Å². The minimum atomic E-state index is -4.80. The Kier molecular flexibility index (Phi) is 14.5. The van der Waals surface area contributed by atoms with Crippen LogP contribution in [0.3, 0.4) is 0 Å². The number of alkyl halides is 3. The molecule has 0 aliphatic carbocycles. The molecule has 3 aromatic heterocycles. The van der Waals surface area contributed by atoms with Gasteiger partial charge in [-0.3, -0.25) is 43.2 Å².